The number of aliphatic hydroxyl groups is 1. The molecule has 1 spiro atoms. The lowest BCUT2D eigenvalue weighted by Gasteiger charge is -2.57. The Labute approximate surface area is 163 Å². The van der Waals surface area contributed by atoms with E-state index in [2.05, 4.69) is 0 Å². The number of hydrogen-bond acceptors (Lipinski definition) is 6. The highest BCUT2D eigenvalue weighted by molar-refractivity contribution is 5.70. The van der Waals surface area contributed by atoms with E-state index in [4.69, 9.17) is 18.9 Å². The van der Waals surface area contributed by atoms with Crippen molar-refractivity contribution in [1.29, 1.82) is 0 Å². The van der Waals surface area contributed by atoms with Gasteiger partial charge in [0.25, 0.3) is 6.08 Å². The second kappa shape index (κ2) is 6.62. The molecule has 1 N–H and O–H groups in total. The van der Waals surface area contributed by atoms with E-state index < -0.39 is 53.0 Å². The van der Waals surface area contributed by atoms with Crippen LogP contribution in [0.25, 0.3) is 0 Å². The Morgan fingerprint density at radius 3 is 2.32 bits per heavy atom. The lowest BCUT2D eigenvalue weighted by Crippen LogP contribution is -2.72. The van der Waals surface area contributed by atoms with Crippen LogP contribution in [-0.2, 0) is 18.9 Å². The van der Waals surface area contributed by atoms with Crippen LogP contribution in [0.15, 0.2) is 12.2 Å². The first-order valence-corrected chi connectivity index (χ1v) is 9.41. The second-order valence-electron chi connectivity index (χ2n) is 9.05. The first-order valence-electron chi connectivity index (χ1n) is 9.41. The van der Waals surface area contributed by atoms with Gasteiger partial charge in [-0.2, -0.15) is 8.78 Å². The minimum absolute atomic E-state index is 0.0901. The van der Waals surface area contributed by atoms with Gasteiger partial charge in [0.15, 0.2) is 0 Å². The number of ether oxygens (including phenoxy) is 4. The molecule has 28 heavy (non-hydrogen) atoms. The third-order valence-electron chi connectivity index (χ3n) is 5.90. The molecule has 2 saturated heterocycles. The van der Waals surface area contributed by atoms with E-state index in [1.165, 1.54) is 25.9 Å². The smallest absolute Gasteiger partial charge is 0.410 e. The van der Waals surface area contributed by atoms with Gasteiger partial charge in [0.05, 0.1) is 18.2 Å². The molecular weight excluding hydrogens is 376 g/mol. The third kappa shape index (κ3) is 3.53. The zero-order valence-electron chi connectivity index (χ0n) is 17.1. The maximum atomic E-state index is 13.3. The summed E-state index contributed by atoms with van der Waals surface area (Å²) in [7, 11) is 1.35. The van der Waals surface area contributed by atoms with Crippen molar-refractivity contribution in [2.75, 3.05) is 13.7 Å². The molecule has 3 rings (SSSR count). The number of hydrogen-bond donors (Lipinski definition) is 1. The van der Waals surface area contributed by atoms with Crippen LogP contribution in [-0.4, -0.2) is 64.7 Å². The molecule has 0 bridgehead atoms. The molecule has 2 heterocycles. The second-order valence-corrected chi connectivity index (χ2v) is 9.05. The maximum absolute atomic E-state index is 13.3. The summed E-state index contributed by atoms with van der Waals surface area (Å²) in [4.78, 5) is 14.3. The van der Waals surface area contributed by atoms with Crippen LogP contribution in [0.5, 0.6) is 0 Å². The number of likely N-dealkylation sites (tertiary alicyclic amines) is 1. The average Bonchev–Trinajstić information content (AvgIpc) is 3.31. The van der Waals surface area contributed by atoms with Gasteiger partial charge in [-0.3, -0.25) is 4.90 Å². The summed E-state index contributed by atoms with van der Waals surface area (Å²) in [6.45, 7) is 8.20. The molecule has 5 atom stereocenters. The molecule has 0 radical (unpaired) electrons. The molecule has 1 saturated carbocycles. The van der Waals surface area contributed by atoms with Gasteiger partial charge in [-0.25, -0.2) is 4.79 Å². The summed E-state index contributed by atoms with van der Waals surface area (Å²) < 4.78 is 49.2. The minimum atomic E-state index is -1.87. The largest absolute Gasteiger partial charge is 0.444 e. The normalized spacial score (nSPS) is 39.3. The van der Waals surface area contributed by atoms with Gasteiger partial charge < -0.3 is 24.1 Å². The zero-order valence-corrected chi connectivity index (χ0v) is 17.1. The number of methoxy groups -OCH3 is 1. The molecule has 160 valence electrons. The third-order valence-corrected chi connectivity index (χ3v) is 5.90. The number of nitrogens with zero attached hydrogens (tertiary/aromatic N) is 1. The summed E-state index contributed by atoms with van der Waals surface area (Å²) in [5, 5.41) is 10.7. The molecule has 7 nitrogen and oxygen atoms in total. The highest BCUT2D eigenvalue weighted by Gasteiger charge is 2.67. The molecule has 0 aromatic carbocycles. The number of carbonyl (C=O) groups is 1. The molecule has 9 heteroatoms. The van der Waals surface area contributed by atoms with Crippen molar-refractivity contribution in [3.05, 3.63) is 12.2 Å². The van der Waals surface area contributed by atoms with Crippen LogP contribution in [0.3, 0.4) is 0 Å². The number of amides is 1. The summed E-state index contributed by atoms with van der Waals surface area (Å²) in [6, 6.07) is 0. The van der Waals surface area contributed by atoms with Crippen molar-refractivity contribution < 1.29 is 37.6 Å². The van der Waals surface area contributed by atoms with Gasteiger partial charge in [-0.1, -0.05) is 0 Å². The molecule has 3 fully saturated rings. The molecular formula is C19H29F2NO6. The Hall–Kier alpha value is -1.29. The van der Waals surface area contributed by atoms with E-state index in [1.807, 2.05) is 0 Å². The van der Waals surface area contributed by atoms with Gasteiger partial charge in [-0.05, 0) is 53.5 Å². The van der Waals surface area contributed by atoms with Gasteiger partial charge in [-0.15, -0.1) is 0 Å². The Morgan fingerprint density at radius 1 is 1.25 bits per heavy atom. The maximum Gasteiger partial charge on any atom is 0.410 e. The van der Waals surface area contributed by atoms with Gasteiger partial charge in [0, 0.05) is 13.0 Å². The van der Waals surface area contributed by atoms with E-state index >= 15 is 0 Å². The van der Waals surface area contributed by atoms with Crippen LogP contribution in [0.2, 0.25) is 0 Å². The number of piperidine rings is 1. The van der Waals surface area contributed by atoms with Crippen LogP contribution in [0.1, 0.15) is 47.5 Å². The van der Waals surface area contributed by atoms with E-state index in [-0.39, 0.29) is 6.54 Å². The standard InChI is InChI=1S/C19H29F2NO6/c1-16(2,3)28-15(23)22-10-12-14(11(9-13(20)21)19(22)7-8-19)27-17(4,24)18(5,25-6)26-12/h9,11-12,14,24H,7-8,10H2,1-6H3/t11-,12-,14-,17+,18+/m1/s1. The minimum Gasteiger partial charge on any atom is -0.444 e. The number of fused-ring (bicyclic) bond motifs is 1. The molecule has 1 amide bonds. The predicted molar refractivity (Wildman–Crippen MR) is 94.5 cm³/mol. The molecule has 0 unspecified atom stereocenters. The fourth-order valence-corrected chi connectivity index (χ4v) is 4.13. The Morgan fingerprint density at radius 2 is 1.86 bits per heavy atom. The van der Waals surface area contributed by atoms with Crippen LogP contribution < -0.4 is 0 Å². The molecule has 1 aliphatic carbocycles. The van der Waals surface area contributed by atoms with Crippen LogP contribution in [0.4, 0.5) is 13.6 Å². The SMILES string of the molecule is CO[C@@]1(C)O[C@@H]2CN(C(=O)OC(C)(C)C)C3(CC3)[C@H](C=C(F)F)[C@H]2O[C@]1(C)O. The van der Waals surface area contributed by atoms with E-state index in [0.29, 0.717) is 12.8 Å². The molecule has 3 aliphatic rings. The quantitative estimate of drug-likeness (QED) is 0.761. The Balaban J connectivity index is 1.98. The van der Waals surface area contributed by atoms with Gasteiger partial charge in [0.1, 0.15) is 11.7 Å². The van der Waals surface area contributed by atoms with Crippen molar-refractivity contribution in [3.63, 3.8) is 0 Å². The number of halogens is 2. The summed E-state index contributed by atoms with van der Waals surface area (Å²) in [5.74, 6) is -4.23. The fraction of sp³-hybridized carbons (Fsp3) is 0.842. The van der Waals surface area contributed by atoms with Gasteiger partial charge >= 0.3 is 6.09 Å². The number of rotatable bonds is 2. The zero-order chi connectivity index (χ0) is 21.1. The van der Waals surface area contributed by atoms with Crippen molar-refractivity contribution in [2.45, 2.75) is 82.4 Å². The van der Waals surface area contributed by atoms with Crippen molar-refractivity contribution in [1.82, 2.24) is 4.90 Å². The van der Waals surface area contributed by atoms with Crippen LogP contribution >= 0.6 is 0 Å². The lowest BCUT2D eigenvalue weighted by atomic mass is 9.81. The van der Waals surface area contributed by atoms with Crippen molar-refractivity contribution in [3.8, 4) is 0 Å². The average molecular weight is 405 g/mol. The molecule has 0 aromatic heterocycles. The molecule has 2 aliphatic heterocycles. The van der Waals surface area contributed by atoms with Crippen LogP contribution in [0, 0.1) is 5.92 Å². The molecule has 0 aromatic rings. The first-order chi connectivity index (χ1) is 12.7. The van der Waals surface area contributed by atoms with E-state index in [9.17, 15) is 18.7 Å². The lowest BCUT2D eigenvalue weighted by molar-refractivity contribution is -0.452. The predicted octanol–water partition coefficient (Wildman–Crippen LogP) is 3.02. The summed E-state index contributed by atoms with van der Waals surface area (Å²) in [6.07, 6.45) is -2.21. The fourth-order valence-electron chi connectivity index (χ4n) is 4.13. The highest BCUT2D eigenvalue weighted by atomic mass is 19.3. The summed E-state index contributed by atoms with van der Waals surface area (Å²) >= 11 is 0. The number of carbonyl (C=O) groups excluding carboxylic acids is 1. The summed E-state index contributed by atoms with van der Waals surface area (Å²) in [5.41, 5.74) is -1.57. The van der Waals surface area contributed by atoms with Crippen molar-refractivity contribution >= 4 is 6.09 Å². The monoisotopic (exact) mass is 405 g/mol. The van der Waals surface area contributed by atoms with Gasteiger partial charge in [0.2, 0.25) is 11.6 Å². The van der Waals surface area contributed by atoms with E-state index in [0.717, 1.165) is 6.08 Å². The highest BCUT2D eigenvalue weighted by Crippen LogP contribution is 2.56. The Kier molecular flexibility index (Phi) is 5.06. The first kappa shape index (κ1) is 21.4. The topological polar surface area (TPSA) is 77.5 Å². The Bertz CT molecular complexity index is 668. The van der Waals surface area contributed by atoms with E-state index in [1.54, 1.807) is 20.8 Å². The van der Waals surface area contributed by atoms with Crippen molar-refractivity contribution in [2.24, 2.45) is 5.92 Å².